The van der Waals surface area contributed by atoms with E-state index in [9.17, 15) is 9.59 Å². The van der Waals surface area contributed by atoms with Crippen molar-refractivity contribution in [2.24, 2.45) is 0 Å². The molecule has 8 nitrogen and oxygen atoms in total. The van der Waals surface area contributed by atoms with Gasteiger partial charge in [-0.15, -0.1) is 0 Å². The van der Waals surface area contributed by atoms with Gasteiger partial charge in [-0.1, -0.05) is 37.2 Å². The average Bonchev–Trinajstić information content (AvgIpc) is 3.37. The number of thioether (sulfide) groups is 1. The van der Waals surface area contributed by atoms with Gasteiger partial charge < -0.3 is 10.2 Å². The summed E-state index contributed by atoms with van der Waals surface area (Å²) in [6, 6.07) is 7.00. The summed E-state index contributed by atoms with van der Waals surface area (Å²) in [7, 11) is 0. The molecule has 0 saturated carbocycles. The number of carbonyl (C=O) groups is 1. The zero-order valence-corrected chi connectivity index (χ0v) is 19.1. The number of hydrogen-bond acceptors (Lipinski definition) is 6. The molecule has 164 valence electrons. The van der Waals surface area contributed by atoms with Crippen LogP contribution in [0, 0.1) is 0 Å². The molecule has 1 aliphatic rings. The molecule has 1 aromatic carbocycles. The maximum absolute atomic E-state index is 13.2. The predicted octanol–water partition coefficient (Wildman–Crippen LogP) is 2.73. The molecule has 4 rings (SSSR count). The standard InChI is InChI=1S/C21H25ClN6O2S/c1-3-26(4-2)10-9-23-18(29)11-16-13-31-21-25-19-17(20(30)27(16)21)12-24-28(19)15-7-5-14(22)6-8-15/h5-8,12,16H,3-4,9-11,13H2,1-2H3,(H,23,29). The molecular formula is C21H25ClN6O2S. The van der Waals surface area contributed by atoms with Gasteiger partial charge in [0.15, 0.2) is 10.8 Å². The van der Waals surface area contributed by atoms with Crippen LogP contribution in [0.2, 0.25) is 5.02 Å². The van der Waals surface area contributed by atoms with Gasteiger partial charge in [0.2, 0.25) is 5.91 Å². The molecule has 1 amide bonds. The van der Waals surface area contributed by atoms with Gasteiger partial charge in [0.05, 0.1) is 17.9 Å². The maximum Gasteiger partial charge on any atom is 0.265 e. The Bertz CT molecular complexity index is 1140. The van der Waals surface area contributed by atoms with Crippen molar-refractivity contribution in [2.45, 2.75) is 31.5 Å². The van der Waals surface area contributed by atoms with E-state index in [0.717, 1.165) is 25.3 Å². The molecule has 1 atom stereocenters. The normalized spacial score (nSPS) is 15.5. The average molecular weight is 461 g/mol. The molecule has 1 N–H and O–H groups in total. The second kappa shape index (κ2) is 9.42. The first-order valence-corrected chi connectivity index (χ1v) is 11.8. The van der Waals surface area contributed by atoms with Crippen LogP contribution in [0.1, 0.15) is 26.3 Å². The van der Waals surface area contributed by atoms with Crippen LogP contribution in [0.5, 0.6) is 0 Å². The van der Waals surface area contributed by atoms with Crippen LogP contribution >= 0.6 is 23.4 Å². The van der Waals surface area contributed by atoms with Gasteiger partial charge in [0, 0.05) is 30.3 Å². The van der Waals surface area contributed by atoms with Crippen molar-refractivity contribution < 1.29 is 4.79 Å². The van der Waals surface area contributed by atoms with E-state index < -0.39 is 0 Å². The summed E-state index contributed by atoms with van der Waals surface area (Å²) in [4.78, 5) is 32.6. The Kier molecular flexibility index (Phi) is 6.64. The Morgan fingerprint density at radius 1 is 1.29 bits per heavy atom. The van der Waals surface area contributed by atoms with E-state index in [1.165, 1.54) is 18.0 Å². The van der Waals surface area contributed by atoms with E-state index in [0.29, 0.717) is 33.5 Å². The van der Waals surface area contributed by atoms with Gasteiger partial charge in [-0.2, -0.15) is 5.10 Å². The summed E-state index contributed by atoms with van der Waals surface area (Å²) < 4.78 is 3.28. The van der Waals surface area contributed by atoms with Gasteiger partial charge >= 0.3 is 0 Å². The fourth-order valence-electron chi connectivity index (χ4n) is 3.73. The highest BCUT2D eigenvalue weighted by molar-refractivity contribution is 7.99. The Labute approximate surface area is 189 Å². The van der Waals surface area contributed by atoms with Crippen LogP contribution in [-0.4, -0.2) is 62.1 Å². The Balaban J connectivity index is 1.53. The molecule has 0 fully saturated rings. The number of amides is 1. The van der Waals surface area contributed by atoms with Crippen molar-refractivity contribution in [3.63, 3.8) is 0 Å². The Morgan fingerprint density at radius 3 is 2.74 bits per heavy atom. The third-order valence-corrected chi connectivity index (χ3v) is 6.86. The first kappa shape index (κ1) is 21.9. The summed E-state index contributed by atoms with van der Waals surface area (Å²) in [5.74, 6) is 0.599. The Hall–Kier alpha value is -2.36. The summed E-state index contributed by atoms with van der Waals surface area (Å²) >= 11 is 7.47. The van der Waals surface area contributed by atoms with Crippen molar-refractivity contribution in [1.29, 1.82) is 0 Å². The van der Waals surface area contributed by atoms with Crippen molar-refractivity contribution in [1.82, 2.24) is 29.5 Å². The third-order valence-electron chi connectivity index (χ3n) is 5.51. The SMILES string of the molecule is CCN(CC)CCNC(=O)CC1CSc2nc3c(cnn3-c3ccc(Cl)cc3)c(=O)n21. The largest absolute Gasteiger partial charge is 0.355 e. The van der Waals surface area contributed by atoms with E-state index in [1.807, 2.05) is 12.1 Å². The van der Waals surface area contributed by atoms with E-state index in [4.69, 9.17) is 16.6 Å². The number of nitrogens with zero attached hydrogens (tertiary/aromatic N) is 5. The fourth-order valence-corrected chi connectivity index (χ4v) is 4.99. The van der Waals surface area contributed by atoms with Gasteiger partial charge in [0.25, 0.3) is 5.56 Å². The second-order valence-electron chi connectivity index (χ2n) is 7.39. The molecule has 1 aliphatic heterocycles. The first-order chi connectivity index (χ1) is 15.0. The monoisotopic (exact) mass is 460 g/mol. The number of likely N-dealkylation sites (N-methyl/N-ethyl adjacent to an activating group) is 1. The minimum Gasteiger partial charge on any atom is -0.355 e. The molecule has 0 saturated heterocycles. The zero-order chi connectivity index (χ0) is 22.0. The molecule has 0 spiro atoms. The van der Waals surface area contributed by atoms with Crippen LogP contribution in [0.3, 0.4) is 0 Å². The van der Waals surface area contributed by atoms with Crippen molar-refractivity contribution in [3.05, 3.63) is 45.8 Å². The molecule has 10 heteroatoms. The van der Waals surface area contributed by atoms with Crippen LogP contribution in [-0.2, 0) is 4.79 Å². The fraction of sp³-hybridized carbons (Fsp3) is 0.429. The number of aromatic nitrogens is 4. The number of benzene rings is 1. The molecule has 31 heavy (non-hydrogen) atoms. The highest BCUT2D eigenvalue weighted by Gasteiger charge is 2.29. The van der Waals surface area contributed by atoms with E-state index >= 15 is 0 Å². The van der Waals surface area contributed by atoms with Crippen LogP contribution in [0.25, 0.3) is 16.7 Å². The number of fused-ring (bicyclic) bond motifs is 2. The zero-order valence-electron chi connectivity index (χ0n) is 17.5. The van der Waals surface area contributed by atoms with Crippen molar-refractivity contribution in [2.75, 3.05) is 31.9 Å². The molecule has 1 unspecified atom stereocenters. The minimum absolute atomic E-state index is 0.0468. The lowest BCUT2D eigenvalue weighted by atomic mass is 10.2. The molecule has 3 aromatic rings. The molecule has 3 heterocycles. The summed E-state index contributed by atoms with van der Waals surface area (Å²) in [6.07, 6.45) is 1.80. The highest BCUT2D eigenvalue weighted by Crippen LogP contribution is 2.33. The lowest BCUT2D eigenvalue weighted by Crippen LogP contribution is -2.36. The van der Waals surface area contributed by atoms with Crippen molar-refractivity contribution in [3.8, 4) is 5.69 Å². The number of hydrogen-bond donors (Lipinski definition) is 1. The number of halogens is 1. The minimum atomic E-state index is -0.211. The van der Waals surface area contributed by atoms with Crippen LogP contribution in [0.15, 0.2) is 40.4 Å². The summed E-state index contributed by atoms with van der Waals surface area (Å²) in [6.45, 7) is 7.55. The van der Waals surface area contributed by atoms with Gasteiger partial charge in [-0.25, -0.2) is 9.67 Å². The van der Waals surface area contributed by atoms with E-state index in [-0.39, 0.29) is 23.9 Å². The molecular weight excluding hydrogens is 436 g/mol. The van der Waals surface area contributed by atoms with Gasteiger partial charge in [-0.05, 0) is 37.4 Å². The highest BCUT2D eigenvalue weighted by atomic mass is 35.5. The maximum atomic E-state index is 13.2. The molecule has 0 bridgehead atoms. The van der Waals surface area contributed by atoms with Crippen LogP contribution in [0.4, 0.5) is 0 Å². The Morgan fingerprint density at radius 2 is 2.03 bits per heavy atom. The van der Waals surface area contributed by atoms with Gasteiger partial charge in [0.1, 0.15) is 5.39 Å². The van der Waals surface area contributed by atoms with E-state index in [2.05, 4.69) is 29.2 Å². The quantitative estimate of drug-likeness (QED) is 0.520. The number of nitrogens with one attached hydrogen (secondary N) is 1. The molecule has 2 aromatic heterocycles. The topological polar surface area (TPSA) is 85.1 Å². The third kappa shape index (κ3) is 4.49. The lowest BCUT2D eigenvalue weighted by Gasteiger charge is -2.18. The summed E-state index contributed by atoms with van der Waals surface area (Å²) in [5.41, 5.74) is 1.13. The number of carbonyl (C=O) groups excluding carboxylic acids is 1. The lowest BCUT2D eigenvalue weighted by molar-refractivity contribution is -0.121. The predicted molar refractivity (Wildman–Crippen MR) is 123 cm³/mol. The summed E-state index contributed by atoms with van der Waals surface area (Å²) in [5, 5.41) is 9.02. The van der Waals surface area contributed by atoms with Crippen LogP contribution < -0.4 is 10.9 Å². The molecule has 0 radical (unpaired) electrons. The van der Waals surface area contributed by atoms with Gasteiger partial charge in [-0.3, -0.25) is 14.2 Å². The molecule has 0 aliphatic carbocycles. The van der Waals surface area contributed by atoms with Crippen molar-refractivity contribution >= 4 is 40.3 Å². The van der Waals surface area contributed by atoms with E-state index in [1.54, 1.807) is 21.4 Å². The smallest absolute Gasteiger partial charge is 0.265 e. The second-order valence-corrected chi connectivity index (χ2v) is 8.81. The first-order valence-electron chi connectivity index (χ1n) is 10.4. The number of rotatable bonds is 8.